The van der Waals surface area contributed by atoms with E-state index in [1.165, 1.54) is 13.0 Å². The van der Waals surface area contributed by atoms with Crippen molar-refractivity contribution in [2.24, 2.45) is 0 Å². The number of rotatable bonds is 21. The normalized spacial score (nSPS) is 11.5. The Morgan fingerprint density at radius 1 is 0.930 bits per heavy atom. The summed E-state index contributed by atoms with van der Waals surface area (Å²) in [7, 11) is 0. The number of carbonyl (C=O) groups excluding carboxylic acids is 3. The number of aromatic hydroxyl groups is 1. The molecule has 2 rings (SSSR count). The molecular weight excluding hydrogens is 554 g/mol. The summed E-state index contributed by atoms with van der Waals surface area (Å²) in [5, 5.41) is 28.8. The van der Waals surface area contributed by atoms with Gasteiger partial charge in [0.1, 0.15) is 18.9 Å². The molecule has 0 spiro atoms. The number of benzene rings is 2. The summed E-state index contributed by atoms with van der Waals surface area (Å²) in [6.07, 6.45) is 6.25. The van der Waals surface area contributed by atoms with Crippen molar-refractivity contribution in [3.8, 4) is 5.75 Å². The van der Waals surface area contributed by atoms with E-state index in [9.17, 15) is 24.6 Å². The number of hydrogen-bond donors (Lipinski definition) is 5. The Hall–Kier alpha value is -3.67. The van der Waals surface area contributed by atoms with E-state index in [1.54, 1.807) is 25.1 Å². The van der Waals surface area contributed by atoms with E-state index < -0.39 is 24.1 Å². The second kappa shape index (κ2) is 21.1. The number of urea groups is 1. The van der Waals surface area contributed by atoms with Crippen LogP contribution >= 0.6 is 0 Å². The molecule has 43 heavy (non-hydrogen) atoms. The number of hydrogen-bond acceptors (Lipinski definition) is 9. The second-order valence-corrected chi connectivity index (χ2v) is 10.2. The van der Waals surface area contributed by atoms with Gasteiger partial charge in [0.2, 0.25) is 0 Å². The van der Waals surface area contributed by atoms with Crippen molar-refractivity contribution in [1.29, 1.82) is 0 Å². The minimum Gasteiger partial charge on any atom is -0.508 e. The van der Waals surface area contributed by atoms with Crippen LogP contribution < -0.4 is 16.0 Å². The summed E-state index contributed by atoms with van der Waals surface area (Å²) in [4.78, 5) is 34.3. The number of aryl methyl sites for hydroxylation is 1. The lowest BCUT2D eigenvalue weighted by atomic mass is 10.1. The average Bonchev–Trinajstić information content (AvgIpc) is 2.98. The van der Waals surface area contributed by atoms with Crippen molar-refractivity contribution in [3.05, 3.63) is 59.2 Å². The quantitative estimate of drug-likeness (QED) is 0.104. The van der Waals surface area contributed by atoms with Gasteiger partial charge in [-0.05, 0) is 81.0 Å². The zero-order valence-corrected chi connectivity index (χ0v) is 25.4. The molecule has 0 bridgehead atoms. The molecule has 0 aromatic heterocycles. The summed E-state index contributed by atoms with van der Waals surface area (Å²) in [5.74, 6) is -0.872. The largest absolute Gasteiger partial charge is 0.508 e. The highest BCUT2D eigenvalue weighted by Gasteiger charge is 2.11. The Kier molecular flexibility index (Phi) is 17.4. The Morgan fingerprint density at radius 2 is 1.70 bits per heavy atom. The first-order chi connectivity index (χ1) is 20.8. The fraction of sp³-hybridized carbons (Fsp3) is 0.531. The predicted molar refractivity (Wildman–Crippen MR) is 164 cm³/mol. The van der Waals surface area contributed by atoms with Gasteiger partial charge in [0.15, 0.2) is 0 Å². The van der Waals surface area contributed by atoms with Gasteiger partial charge < -0.3 is 40.4 Å². The molecule has 11 heteroatoms. The number of amides is 2. The van der Waals surface area contributed by atoms with Crippen molar-refractivity contribution in [1.82, 2.24) is 10.6 Å². The third kappa shape index (κ3) is 15.9. The van der Waals surface area contributed by atoms with Gasteiger partial charge in [-0.25, -0.2) is 4.79 Å². The minimum absolute atomic E-state index is 0.0307. The lowest BCUT2D eigenvalue weighted by Crippen LogP contribution is -2.34. The molecule has 0 aliphatic carbocycles. The van der Waals surface area contributed by atoms with Gasteiger partial charge in [-0.3, -0.25) is 9.59 Å². The van der Waals surface area contributed by atoms with Gasteiger partial charge in [-0.2, -0.15) is 0 Å². The first-order valence-corrected chi connectivity index (χ1v) is 15.0. The van der Waals surface area contributed by atoms with E-state index in [0.717, 1.165) is 63.7 Å². The van der Waals surface area contributed by atoms with Gasteiger partial charge >= 0.3 is 18.0 Å². The lowest BCUT2D eigenvalue weighted by molar-refractivity contribution is -0.142. The number of nitrogens with one attached hydrogen (secondary N) is 3. The minimum atomic E-state index is -0.721. The molecule has 0 unspecified atom stereocenters. The highest BCUT2D eigenvalue weighted by molar-refractivity contribution is 5.91. The smallest absolute Gasteiger partial charge is 0.325 e. The number of ether oxygens (including phenoxy) is 3. The maximum Gasteiger partial charge on any atom is 0.325 e. The van der Waals surface area contributed by atoms with Gasteiger partial charge in [-0.15, -0.1) is 0 Å². The topological polar surface area (TPSA) is 155 Å². The molecule has 0 saturated carbocycles. The van der Waals surface area contributed by atoms with Crippen molar-refractivity contribution in [2.45, 2.75) is 71.5 Å². The van der Waals surface area contributed by atoms with Crippen molar-refractivity contribution in [3.63, 3.8) is 0 Å². The molecule has 2 aromatic rings. The summed E-state index contributed by atoms with van der Waals surface area (Å²) in [5.41, 5.74) is 2.91. The van der Waals surface area contributed by atoms with Crippen LogP contribution in [0.5, 0.6) is 5.75 Å². The monoisotopic (exact) mass is 601 g/mol. The number of aliphatic hydroxyl groups excluding tert-OH is 1. The molecular formula is C32H47N3O8. The SMILES string of the molecule is CCOC(=O)CNC(=O)Nc1cccc(CCCCOCCCCCCNC[C@H](O)c2ccc(O)c(COC(C)=O)c2)c1. The van der Waals surface area contributed by atoms with Crippen molar-refractivity contribution < 1.29 is 38.8 Å². The van der Waals surface area contributed by atoms with Crippen LogP contribution in [0.1, 0.15) is 75.2 Å². The third-order valence-corrected chi connectivity index (χ3v) is 6.54. The Morgan fingerprint density at radius 3 is 2.47 bits per heavy atom. The number of carbonyl (C=O) groups is 3. The van der Waals surface area contributed by atoms with Crippen LogP contribution in [0.4, 0.5) is 10.5 Å². The second-order valence-electron chi connectivity index (χ2n) is 10.2. The van der Waals surface area contributed by atoms with Crippen LogP contribution in [-0.2, 0) is 36.8 Å². The van der Waals surface area contributed by atoms with Gasteiger partial charge in [0.05, 0.1) is 12.7 Å². The van der Waals surface area contributed by atoms with Crippen LogP contribution in [0, 0.1) is 0 Å². The molecule has 0 radical (unpaired) electrons. The molecule has 0 heterocycles. The standard InChI is InChI=1S/C32H47N3O8/c1-3-42-31(39)22-34-32(40)35-28-13-10-12-25(19-28)11-6-9-18-41-17-8-5-4-7-16-33-21-30(38)26-14-15-29(37)27(20-26)23-43-24(2)36/h10,12-15,19-20,30,33,37-38H,3-9,11,16-18,21-23H2,1-2H3,(H2,34,35,40)/t30-/m0/s1. The summed E-state index contributed by atoms with van der Waals surface area (Å²) >= 11 is 0. The number of anilines is 1. The highest BCUT2D eigenvalue weighted by Crippen LogP contribution is 2.23. The highest BCUT2D eigenvalue weighted by atomic mass is 16.5. The summed E-state index contributed by atoms with van der Waals surface area (Å²) in [6.45, 7) is 5.74. The summed E-state index contributed by atoms with van der Waals surface area (Å²) in [6, 6.07) is 12.0. The maximum absolute atomic E-state index is 12.0. The Bertz CT molecular complexity index is 1130. The van der Waals surface area contributed by atoms with Crippen LogP contribution in [0.15, 0.2) is 42.5 Å². The Balaban J connectivity index is 1.46. The fourth-order valence-corrected chi connectivity index (χ4v) is 4.25. The first kappa shape index (κ1) is 35.5. The zero-order chi connectivity index (χ0) is 31.3. The van der Waals surface area contributed by atoms with E-state index in [2.05, 4.69) is 16.0 Å². The molecule has 2 aromatic carbocycles. The number of unbranched alkanes of at least 4 members (excludes halogenated alkanes) is 4. The van der Waals surface area contributed by atoms with Crippen LogP contribution in [-0.4, -0.2) is 67.6 Å². The van der Waals surface area contributed by atoms with E-state index >= 15 is 0 Å². The number of phenols is 1. The van der Waals surface area contributed by atoms with E-state index in [-0.39, 0.29) is 25.5 Å². The molecule has 238 valence electrons. The molecule has 2 amide bonds. The van der Waals surface area contributed by atoms with E-state index in [0.29, 0.717) is 30.0 Å². The van der Waals surface area contributed by atoms with Crippen LogP contribution in [0.3, 0.4) is 0 Å². The molecule has 11 nitrogen and oxygen atoms in total. The maximum atomic E-state index is 12.0. The van der Waals surface area contributed by atoms with Crippen LogP contribution in [0.2, 0.25) is 0 Å². The number of phenolic OH excluding ortho intramolecular Hbond substituents is 1. The van der Waals surface area contributed by atoms with Gasteiger partial charge in [0.25, 0.3) is 0 Å². The average molecular weight is 602 g/mol. The molecule has 0 fully saturated rings. The lowest BCUT2D eigenvalue weighted by Gasteiger charge is -2.14. The molecule has 0 saturated heterocycles. The molecule has 0 aliphatic rings. The molecule has 5 N–H and O–H groups in total. The molecule has 0 aliphatic heterocycles. The molecule has 1 atom stereocenters. The fourth-order valence-electron chi connectivity index (χ4n) is 4.25. The van der Waals surface area contributed by atoms with Crippen molar-refractivity contribution in [2.75, 3.05) is 44.8 Å². The Labute approximate surface area is 254 Å². The first-order valence-electron chi connectivity index (χ1n) is 15.0. The van der Waals surface area contributed by atoms with Crippen molar-refractivity contribution >= 4 is 23.7 Å². The van der Waals surface area contributed by atoms with Gasteiger partial charge in [0, 0.05) is 37.9 Å². The van der Waals surface area contributed by atoms with E-state index in [1.807, 2.05) is 18.2 Å². The third-order valence-electron chi connectivity index (χ3n) is 6.54. The number of aliphatic hydroxyl groups is 1. The predicted octanol–water partition coefficient (Wildman–Crippen LogP) is 4.36. The summed E-state index contributed by atoms with van der Waals surface area (Å²) < 4.78 is 15.5. The van der Waals surface area contributed by atoms with Crippen LogP contribution in [0.25, 0.3) is 0 Å². The zero-order valence-electron chi connectivity index (χ0n) is 25.4. The number of esters is 2. The van der Waals surface area contributed by atoms with E-state index in [4.69, 9.17) is 14.2 Å². The van der Waals surface area contributed by atoms with Gasteiger partial charge in [-0.1, -0.05) is 31.0 Å².